The number of hydrogen-bond donors (Lipinski definition) is 0. The molecule has 0 atom stereocenters. The second-order valence-electron chi connectivity index (χ2n) is 1.93. The summed E-state index contributed by atoms with van der Waals surface area (Å²) in [5.74, 6) is 0.453. The molecule has 1 rings (SSSR count). The number of rotatable bonds is 1. The molecule has 1 heterocycles. The van der Waals surface area contributed by atoms with Crippen molar-refractivity contribution in [2.45, 2.75) is 13.3 Å². The molecule has 1 aromatic rings. The molecule has 0 unspecified atom stereocenters. The van der Waals surface area contributed by atoms with Gasteiger partial charge >= 0.3 is 5.76 Å². The van der Waals surface area contributed by atoms with Crippen LogP contribution in [-0.2, 0) is 13.5 Å². The van der Waals surface area contributed by atoms with Gasteiger partial charge in [-0.3, -0.25) is 4.57 Å². The lowest BCUT2D eigenvalue weighted by Gasteiger charge is -1.78. The highest BCUT2D eigenvalue weighted by atomic mass is 16.4. The molecule has 0 N–H and O–H groups in total. The van der Waals surface area contributed by atoms with Crippen LogP contribution in [0.25, 0.3) is 0 Å². The molecule has 0 saturated carbocycles. The number of aryl methyl sites for hydroxylation is 2. The molecule has 3 heteroatoms. The van der Waals surface area contributed by atoms with Crippen LogP contribution in [0.4, 0.5) is 0 Å². The highest BCUT2D eigenvalue weighted by Crippen LogP contribution is 1.93. The molecule has 0 saturated heterocycles. The Morgan fingerprint density at radius 2 is 2.44 bits per heavy atom. The molecule has 0 bridgehead atoms. The summed E-state index contributed by atoms with van der Waals surface area (Å²) < 4.78 is 6.20. The van der Waals surface area contributed by atoms with Gasteiger partial charge in [-0.1, -0.05) is 6.92 Å². The maximum absolute atomic E-state index is 10.6. The van der Waals surface area contributed by atoms with Crippen LogP contribution >= 0.6 is 0 Å². The molecule has 9 heavy (non-hydrogen) atoms. The van der Waals surface area contributed by atoms with Crippen molar-refractivity contribution in [3.8, 4) is 0 Å². The minimum absolute atomic E-state index is 0.285. The van der Waals surface area contributed by atoms with E-state index in [4.69, 9.17) is 4.42 Å². The van der Waals surface area contributed by atoms with Crippen LogP contribution in [0.15, 0.2) is 15.4 Å². The quantitative estimate of drug-likeness (QED) is 0.552. The third-order valence-corrected chi connectivity index (χ3v) is 1.19. The first-order valence-corrected chi connectivity index (χ1v) is 2.89. The smallest absolute Gasteiger partial charge is 0.413 e. The fourth-order valence-electron chi connectivity index (χ4n) is 0.643. The summed E-state index contributed by atoms with van der Waals surface area (Å²) in [6.07, 6.45) is 2.47. The summed E-state index contributed by atoms with van der Waals surface area (Å²) >= 11 is 0. The lowest BCUT2D eigenvalue weighted by Crippen LogP contribution is -2.07. The Hall–Kier alpha value is -0.990. The van der Waals surface area contributed by atoms with Gasteiger partial charge in [0.1, 0.15) is 5.76 Å². The summed E-state index contributed by atoms with van der Waals surface area (Å²) in [5.41, 5.74) is 0. The first-order valence-electron chi connectivity index (χ1n) is 2.89. The second-order valence-corrected chi connectivity index (χ2v) is 1.93. The van der Waals surface area contributed by atoms with Gasteiger partial charge in [-0.05, 0) is 0 Å². The van der Waals surface area contributed by atoms with Crippen LogP contribution < -0.4 is 5.76 Å². The number of oxazole rings is 1. The fraction of sp³-hybridized carbons (Fsp3) is 0.500. The molecule has 1 aromatic heterocycles. The summed E-state index contributed by atoms with van der Waals surface area (Å²) in [6, 6.07) is 0. The SMILES string of the molecule is CCc1cn(C)c(=O)o1. The Balaban J connectivity index is 3.13. The molecule has 0 aliphatic rings. The molecule has 0 aliphatic carbocycles. The highest BCUT2D eigenvalue weighted by molar-refractivity contribution is 4.88. The van der Waals surface area contributed by atoms with Gasteiger partial charge in [-0.25, -0.2) is 4.79 Å². The molecule has 0 spiro atoms. The van der Waals surface area contributed by atoms with Crippen molar-refractivity contribution in [3.63, 3.8) is 0 Å². The highest BCUT2D eigenvalue weighted by Gasteiger charge is 1.96. The van der Waals surface area contributed by atoms with Crippen LogP contribution in [0.1, 0.15) is 12.7 Å². The zero-order valence-electron chi connectivity index (χ0n) is 5.55. The van der Waals surface area contributed by atoms with Gasteiger partial charge < -0.3 is 4.42 Å². The van der Waals surface area contributed by atoms with E-state index in [1.54, 1.807) is 13.2 Å². The van der Waals surface area contributed by atoms with Gasteiger partial charge in [-0.15, -0.1) is 0 Å². The zero-order valence-corrected chi connectivity index (χ0v) is 5.55. The van der Waals surface area contributed by atoms with Crippen molar-refractivity contribution in [3.05, 3.63) is 22.5 Å². The Bertz CT molecular complexity index is 246. The molecule has 0 aromatic carbocycles. The third-order valence-electron chi connectivity index (χ3n) is 1.19. The van der Waals surface area contributed by atoms with Crippen LogP contribution in [0, 0.1) is 0 Å². The van der Waals surface area contributed by atoms with Gasteiger partial charge in [0.25, 0.3) is 0 Å². The zero-order chi connectivity index (χ0) is 6.85. The molecule has 0 aliphatic heterocycles. The Morgan fingerprint density at radius 1 is 1.78 bits per heavy atom. The van der Waals surface area contributed by atoms with Crippen molar-refractivity contribution in [1.29, 1.82) is 0 Å². The van der Waals surface area contributed by atoms with E-state index in [2.05, 4.69) is 0 Å². The Morgan fingerprint density at radius 3 is 2.67 bits per heavy atom. The number of hydrogen-bond acceptors (Lipinski definition) is 2. The van der Waals surface area contributed by atoms with E-state index in [-0.39, 0.29) is 5.76 Å². The molecule has 0 radical (unpaired) electrons. The van der Waals surface area contributed by atoms with Crippen molar-refractivity contribution >= 4 is 0 Å². The van der Waals surface area contributed by atoms with E-state index in [1.165, 1.54) is 4.57 Å². The molecule has 3 nitrogen and oxygen atoms in total. The maximum Gasteiger partial charge on any atom is 0.418 e. The minimum Gasteiger partial charge on any atom is -0.413 e. The molecule has 0 amide bonds. The van der Waals surface area contributed by atoms with Crippen LogP contribution in [0.3, 0.4) is 0 Å². The number of aromatic nitrogens is 1. The van der Waals surface area contributed by atoms with Crippen molar-refractivity contribution in [2.24, 2.45) is 7.05 Å². The first-order chi connectivity index (χ1) is 4.24. The predicted octanol–water partition coefficient (Wildman–Crippen LogP) is 0.541. The summed E-state index contributed by atoms with van der Waals surface area (Å²) in [6.45, 7) is 1.94. The summed E-state index contributed by atoms with van der Waals surface area (Å²) in [7, 11) is 1.67. The van der Waals surface area contributed by atoms with Gasteiger partial charge in [0.15, 0.2) is 0 Å². The molecular formula is C6H9NO2. The van der Waals surface area contributed by atoms with E-state index >= 15 is 0 Å². The van der Waals surface area contributed by atoms with Crippen LogP contribution in [-0.4, -0.2) is 4.57 Å². The van der Waals surface area contributed by atoms with Crippen LogP contribution in [0.2, 0.25) is 0 Å². The lowest BCUT2D eigenvalue weighted by atomic mass is 10.4. The molecule has 0 fully saturated rings. The molecular weight excluding hydrogens is 118 g/mol. The van der Waals surface area contributed by atoms with Gasteiger partial charge in [0.2, 0.25) is 0 Å². The average molecular weight is 127 g/mol. The number of nitrogens with zero attached hydrogens (tertiary/aromatic N) is 1. The monoisotopic (exact) mass is 127 g/mol. The topological polar surface area (TPSA) is 35.1 Å². The maximum atomic E-state index is 10.6. The Labute approximate surface area is 52.9 Å². The van der Waals surface area contributed by atoms with Crippen molar-refractivity contribution in [2.75, 3.05) is 0 Å². The minimum atomic E-state index is -0.285. The van der Waals surface area contributed by atoms with E-state index in [9.17, 15) is 4.79 Å². The largest absolute Gasteiger partial charge is 0.418 e. The third kappa shape index (κ3) is 1.04. The second kappa shape index (κ2) is 2.09. The van der Waals surface area contributed by atoms with Crippen molar-refractivity contribution in [1.82, 2.24) is 4.57 Å². The summed E-state index contributed by atoms with van der Waals surface area (Å²) in [5, 5.41) is 0. The van der Waals surface area contributed by atoms with Gasteiger partial charge in [0.05, 0.1) is 0 Å². The van der Waals surface area contributed by atoms with Gasteiger partial charge in [0, 0.05) is 19.7 Å². The van der Waals surface area contributed by atoms with E-state index in [0.29, 0.717) is 0 Å². The average Bonchev–Trinajstić information content (AvgIpc) is 2.13. The normalized spacial score (nSPS) is 10.0. The lowest BCUT2D eigenvalue weighted by molar-refractivity contribution is 0.459. The predicted molar refractivity (Wildman–Crippen MR) is 33.3 cm³/mol. The van der Waals surface area contributed by atoms with Crippen molar-refractivity contribution < 1.29 is 4.42 Å². The molecule has 50 valence electrons. The van der Waals surface area contributed by atoms with Gasteiger partial charge in [-0.2, -0.15) is 0 Å². The first kappa shape index (κ1) is 6.13. The Kier molecular flexibility index (Phi) is 1.42. The standard InChI is InChI=1S/C6H9NO2/c1-3-5-4-7(2)6(8)9-5/h4H,3H2,1-2H3. The van der Waals surface area contributed by atoms with E-state index in [1.807, 2.05) is 6.92 Å². The summed E-state index contributed by atoms with van der Waals surface area (Å²) in [4.78, 5) is 10.6. The van der Waals surface area contributed by atoms with E-state index in [0.717, 1.165) is 12.2 Å². The van der Waals surface area contributed by atoms with E-state index < -0.39 is 0 Å². The fourth-order valence-corrected chi connectivity index (χ4v) is 0.643. The van der Waals surface area contributed by atoms with Crippen LogP contribution in [0.5, 0.6) is 0 Å².